The molecule has 2 saturated heterocycles. The first-order valence-electron chi connectivity index (χ1n) is 22.0. The summed E-state index contributed by atoms with van der Waals surface area (Å²) in [6.07, 6.45) is 9.98. The summed E-state index contributed by atoms with van der Waals surface area (Å²) < 4.78 is 10.2. The third-order valence-corrected chi connectivity index (χ3v) is 11.9. The molecule has 2 fully saturated rings. The van der Waals surface area contributed by atoms with Gasteiger partial charge >= 0.3 is 11.9 Å². The third-order valence-electron chi connectivity index (χ3n) is 10.3. The molecule has 0 aliphatic carbocycles. The lowest BCUT2D eigenvalue weighted by molar-refractivity contribution is -0.112. The Hall–Kier alpha value is -6.55. The Morgan fingerprint density at radius 2 is 1.14 bits per heavy atom. The van der Waals surface area contributed by atoms with Crippen LogP contribution in [0.5, 0.6) is 11.8 Å². The van der Waals surface area contributed by atoms with Crippen LogP contribution in [-0.4, -0.2) is 110 Å². The van der Waals surface area contributed by atoms with Crippen LogP contribution in [-0.2, 0) is 27.2 Å². The van der Waals surface area contributed by atoms with Crippen LogP contribution in [0.1, 0.15) is 55.6 Å². The molecule has 0 radical (unpaired) electrons. The normalized spacial score (nSPS) is 13.8. The van der Waals surface area contributed by atoms with Crippen molar-refractivity contribution < 1.29 is 48.5 Å². The van der Waals surface area contributed by atoms with E-state index < -0.39 is 23.1 Å². The van der Waals surface area contributed by atoms with Gasteiger partial charge in [-0.1, -0.05) is 77.7 Å². The number of nitrogens with one attached hydrogen (secondary N) is 3. The van der Waals surface area contributed by atoms with Crippen molar-refractivity contribution in [3.05, 3.63) is 158 Å². The number of nitrogen functional groups attached to an aromatic ring is 1. The van der Waals surface area contributed by atoms with Crippen LogP contribution in [0.3, 0.4) is 0 Å². The number of hydrogen-bond donors (Lipinski definition) is 6. The van der Waals surface area contributed by atoms with Crippen LogP contribution >= 0.6 is 82.0 Å². The molecule has 7 N–H and O–H groups in total. The van der Waals surface area contributed by atoms with E-state index in [0.717, 1.165) is 50.0 Å². The van der Waals surface area contributed by atoms with E-state index in [1.165, 1.54) is 56.1 Å². The van der Waals surface area contributed by atoms with Gasteiger partial charge in [-0.3, -0.25) is 19.2 Å². The van der Waals surface area contributed by atoms with Gasteiger partial charge in [0.05, 0.1) is 69.9 Å². The number of carboxylic acids is 2. The fourth-order valence-electron chi connectivity index (χ4n) is 6.55. The molecular weight excluding hydrogens is 1130 g/mol. The number of carboxylic acid groups (broad SMARTS) is 2. The summed E-state index contributed by atoms with van der Waals surface area (Å²) in [5.41, 5.74) is 7.21. The van der Waals surface area contributed by atoms with Gasteiger partial charge < -0.3 is 46.3 Å². The number of carbonyl (C=O) groups excluding carboxylic acids is 4. The molecule has 5 aromatic rings. The summed E-state index contributed by atoms with van der Waals surface area (Å²) in [6.45, 7) is 13.1. The summed E-state index contributed by atoms with van der Waals surface area (Å²) in [5, 5.41) is 26.6. The van der Waals surface area contributed by atoms with E-state index in [4.69, 9.17) is 95.0 Å². The number of amides is 3. The SMILES string of the molecule is C=CC(=O)Cl.C=CC(=O)Nc1ccc(C(=O)N2CC[C@@H](Cc3ncc(Cl)c(OC)n3)C2)cc1Cl.C=CC(=O)Nc1ccc(C(=O)O)cc1Cl.COc1nc(C[C@@H]2CCNC2)ncc1Cl.Cl.Nc1ccc(C(=O)O)cc1Cl. The van der Waals surface area contributed by atoms with Crippen LogP contribution in [0.15, 0.2) is 105 Å². The van der Waals surface area contributed by atoms with E-state index >= 15 is 0 Å². The molecule has 76 heavy (non-hydrogen) atoms. The number of ether oxygens (including phenoxy) is 2. The number of allylic oxidation sites excluding steroid dienone is 1. The van der Waals surface area contributed by atoms with E-state index in [0.29, 0.717) is 80.7 Å². The summed E-state index contributed by atoms with van der Waals surface area (Å²) in [4.78, 5) is 84.4. The summed E-state index contributed by atoms with van der Waals surface area (Å²) in [7, 11) is 3.07. The monoisotopic (exact) mass is 1180 g/mol. The number of anilines is 3. The van der Waals surface area contributed by atoms with E-state index in [9.17, 15) is 28.8 Å². The average molecular weight is 1190 g/mol. The van der Waals surface area contributed by atoms with Gasteiger partial charge in [-0.25, -0.2) is 19.6 Å². The fraction of sp³-hybridized carbons (Fsp3) is 0.240. The molecule has 19 nitrogen and oxygen atoms in total. The highest BCUT2D eigenvalue weighted by Crippen LogP contribution is 2.28. The second kappa shape index (κ2) is 33.5. The highest BCUT2D eigenvalue weighted by molar-refractivity contribution is 6.66. The van der Waals surface area contributed by atoms with E-state index in [1.54, 1.807) is 36.4 Å². The Morgan fingerprint density at radius 3 is 1.55 bits per heavy atom. The third kappa shape index (κ3) is 22.0. The van der Waals surface area contributed by atoms with Gasteiger partial charge in [0, 0.05) is 31.5 Å². The van der Waals surface area contributed by atoms with Gasteiger partial charge in [-0.2, -0.15) is 9.97 Å². The summed E-state index contributed by atoms with van der Waals surface area (Å²) >= 11 is 34.1. The van der Waals surface area contributed by atoms with E-state index in [1.807, 2.05) is 0 Å². The van der Waals surface area contributed by atoms with Crippen molar-refractivity contribution in [1.29, 1.82) is 0 Å². The number of carbonyl (C=O) groups is 6. The topological polar surface area (TPSA) is 278 Å². The van der Waals surface area contributed by atoms with Crippen molar-refractivity contribution in [3.63, 3.8) is 0 Å². The lowest BCUT2D eigenvalue weighted by Gasteiger charge is -2.17. The van der Waals surface area contributed by atoms with Crippen molar-refractivity contribution in [2.45, 2.75) is 25.7 Å². The minimum absolute atomic E-state index is 0. The molecule has 3 aromatic carbocycles. The second-order valence-electron chi connectivity index (χ2n) is 15.6. The minimum atomic E-state index is -1.07. The molecule has 26 heteroatoms. The predicted molar refractivity (Wildman–Crippen MR) is 298 cm³/mol. The lowest BCUT2D eigenvalue weighted by atomic mass is 10.0. The van der Waals surface area contributed by atoms with Crippen molar-refractivity contribution in [2.24, 2.45) is 11.8 Å². The van der Waals surface area contributed by atoms with Crippen molar-refractivity contribution in [1.82, 2.24) is 30.2 Å². The minimum Gasteiger partial charge on any atom is -0.480 e. The summed E-state index contributed by atoms with van der Waals surface area (Å²) in [6, 6.07) is 13.0. The smallest absolute Gasteiger partial charge is 0.335 e. The van der Waals surface area contributed by atoms with Gasteiger partial charge in [0.15, 0.2) is 0 Å². The maximum absolute atomic E-state index is 12.8. The van der Waals surface area contributed by atoms with E-state index in [-0.39, 0.29) is 51.3 Å². The van der Waals surface area contributed by atoms with Crippen LogP contribution in [0.2, 0.25) is 25.1 Å². The molecule has 0 spiro atoms. The standard InChI is InChI=1S/C20H20Cl2N4O3.C10H14ClN3O.C10H8ClNO3.C7H6ClNO2.C3H3ClO.ClH/c1-3-18(27)24-16-5-4-13(9-14(16)21)20(28)26-7-6-12(11-26)8-17-23-10-15(22)19(25-17)29-2;1-15-10-8(11)6-13-9(14-10)4-7-2-3-12-5-7;1-2-9(13)12-8-4-3-6(10(14)15)5-7(8)11;8-5-3-4(7(10)11)1-2-6(5)9;1-2-3(4)5;/h3-5,9-10,12H,1,6-8,11H2,2H3,(H,24,27);6-7,12H,2-5H2,1H3;2-5H,1H2,(H,12,13)(H,14,15);1-3H,9H2,(H,10,11);2H,1H2;1H/t12-;7-;;;;/m00..../s1. The van der Waals surface area contributed by atoms with Crippen molar-refractivity contribution in [2.75, 3.05) is 56.8 Å². The molecule has 3 amide bonds. The van der Waals surface area contributed by atoms with Crippen LogP contribution in [0.25, 0.3) is 0 Å². The van der Waals surface area contributed by atoms with Gasteiger partial charge in [-0.05, 0) is 122 Å². The molecule has 0 saturated carbocycles. The zero-order chi connectivity index (χ0) is 55.8. The molecule has 2 aromatic heterocycles. The first kappa shape index (κ1) is 65.6. The molecule has 0 unspecified atom stereocenters. The number of aromatic nitrogens is 4. The lowest BCUT2D eigenvalue weighted by Crippen LogP contribution is -2.29. The van der Waals surface area contributed by atoms with Gasteiger partial charge in [0.1, 0.15) is 21.7 Å². The number of methoxy groups -OCH3 is 2. The second-order valence-corrected chi connectivity index (χ2v) is 18.0. The molecule has 2 aliphatic heterocycles. The van der Waals surface area contributed by atoms with Gasteiger partial charge in [0.25, 0.3) is 5.91 Å². The molecule has 406 valence electrons. The highest BCUT2D eigenvalue weighted by Gasteiger charge is 2.28. The fourth-order valence-corrected chi connectivity index (χ4v) is 7.53. The number of benzene rings is 3. The van der Waals surface area contributed by atoms with Crippen LogP contribution in [0, 0.1) is 11.8 Å². The predicted octanol–water partition coefficient (Wildman–Crippen LogP) is 10.1. The molecule has 7 rings (SSSR count). The first-order chi connectivity index (χ1) is 35.6. The van der Waals surface area contributed by atoms with Crippen molar-refractivity contribution >= 4 is 134 Å². The largest absolute Gasteiger partial charge is 0.480 e. The first-order valence-corrected chi connectivity index (χ1v) is 24.3. The molecule has 0 bridgehead atoms. The number of nitrogens with zero attached hydrogens (tertiary/aromatic N) is 5. The summed E-state index contributed by atoms with van der Waals surface area (Å²) in [5.74, 6) is 0.182. The maximum Gasteiger partial charge on any atom is 0.335 e. The number of nitrogens with two attached hydrogens (primary N) is 1. The average Bonchev–Trinajstić information content (AvgIpc) is 4.10. The zero-order valence-electron chi connectivity index (χ0n) is 40.7. The van der Waals surface area contributed by atoms with Gasteiger partial charge in [0.2, 0.25) is 28.8 Å². The Morgan fingerprint density at radius 1 is 0.697 bits per heavy atom. The zero-order valence-corrected chi connectivity index (χ0v) is 46.0. The Balaban J connectivity index is 0.000000358. The number of halogens is 7. The molecule has 2 aliphatic rings. The van der Waals surface area contributed by atoms with Gasteiger partial charge in [-0.15, -0.1) is 12.4 Å². The molecule has 4 heterocycles. The van der Waals surface area contributed by atoms with Crippen LogP contribution in [0.4, 0.5) is 17.1 Å². The number of likely N-dealkylation sites (tertiary alicyclic amines) is 1. The Labute approximate surface area is 474 Å². The molecule has 2 atom stereocenters. The highest BCUT2D eigenvalue weighted by atomic mass is 35.5. The maximum atomic E-state index is 12.8. The Kier molecular flexibility index (Phi) is 28.9. The van der Waals surface area contributed by atoms with Crippen molar-refractivity contribution in [3.8, 4) is 11.8 Å². The number of aromatic carboxylic acids is 2. The quantitative estimate of drug-likeness (QED) is 0.0343. The van der Waals surface area contributed by atoms with Crippen LogP contribution < -0.4 is 31.2 Å². The number of rotatable bonds is 14. The number of hydrogen-bond acceptors (Lipinski definition) is 14. The van der Waals surface area contributed by atoms with E-state index in [2.05, 4.69) is 55.6 Å². The molecular formula is C50H52Cl7N9O10. The Bertz CT molecular complexity index is 2880.